The first-order chi connectivity index (χ1) is 9.26. The summed E-state index contributed by atoms with van der Waals surface area (Å²) >= 11 is 1.53. The molecule has 0 unspecified atom stereocenters. The van der Waals surface area contributed by atoms with E-state index in [4.69, 9.17) is 4.74 Å². The van der Waals surface area contributed by atoms with Crippen molar-refractivity contribution < 1.29 is 14.6 Å². The van der Waals surface area contributed by atoms with E-state index < -0.39 is 0 Å². The van der Waals surface area contributed by atoms with E-state index in [-0.39, 0.29) is 18.6 Å². The van der Waals surface area contributed by atoms with Gasteiger partial charge in [0, 0.05) is 12.9 Å². The van der Waals surface area contributed by atoms with Crippen molar-refractivity contribution in [1.82, 2.24) is 5.32 Å². The van der Waals surface area contributed by atoms with Gasteiger partial charge in [-0.2, -0.15) is 0 Å². The summed E-state index contributed by atoms with van der Waals surface area (Å²) in [5.74, 6) is 1.15. The number of benzene rings is 1. The molecule has 19 heavy (non-hydrogen) atoms. The number of carbonyl (C=O) groups is 1. The third-order valence-electron chi connectivity index (χ3n) is 2.58. The Morgan fingerprint density at radius 3 is 2.79 bits per heavy atom. The highest BCUT2D eigenvalue weighted by Crippen LogP contribution is 2.04. The second kappa shape index (κ2) is 9.83. The monoisotopic (exact) mass is 283 g/mol. The summed E-state index contributed by atoms with van der Waals surface area (Å²) in [7, 11) is 1.64. The molecule has 0 aliphatic rings. The van der Waals surface area contributed by atoms with Crippen LogP contribution in [0.3, 0.4) is 0 Å². The van der Waals surface area contributed by atoms with Crippen LogP contribution in [0, 0.1) is 0 Å². The number of ether oxygens (including phenoxy) is 1. The number of methoxy groups -OCH3 is 1. The van der Waals surface area contributed by atoms with E-state index in [1.807, 2.05) is 30.3 Å². The second-order valence-corrected chi connectivity index (χ2v) is 5.29. The fourth-order valence-corrected chi connectivity index (χ4v) is 2.33. The minimum absolute atomic E-state index is 0.0453. The lowest BCUT2D eigenvalue weighted by molar-refractivity contribution is -0.119. The van der Waals surface area contributed by atoms with Gasteiger partial charge < -0.3 is 15.2 Å². The summed E-state index contributed by atoms with van der Waals surface area (Å²) in [5, 5.41) is 12.1. The molecule has 0 saturated heterocycles. The molecule has 1 atom stereocenters. The number of rotatable bonds is 9. The standard InChI is InChI=1S/C14H21NO3S/c1-18-7-8-19-11-14(17)15-13(10-16)9-12-5-3-2-4-6-12/h2-6,13,16H,7-11H2,1H3,(H,15,17)/t13-/m1/s1. The molecule has 0 bridgehead atoms. The molecule has 4 nitrogen and oxygen atoms in total. The van der Waals surface area contributed by atoms with Gasteiger partial charge in [-0.15, -0.1) is 11.8 Å². The van der Waals surface area contributed by atoms with Gasteiger partial charge in [0.2, 0.25) is 5.91 Å². The number of nitrogens with one attached hydrogen (secondary N) is 1. The molecule has 0 radical (unpaired) electrons. The van der Waals surface area contributed by atoms with Crippen LogP contribution in [-0.4, -0.2) is 48.9 Å². The Morgan fingerprint density at radius 1 is 1.42 bits per heavy atom. The molecule has 0 fully saturated rings. The number of aliphatic hydroxyl groups excluding tert-OH is 1. The number of hydrogen-bond acceptors (Lipinski definition) is 4. The van der Waals surface area contributed by atoms with E-state index in [0.29, 0.717) is 18.8 Å². The van der Waals surface area contributed by atoms with Crippen molar-refractivity contribution in [3.05, 3.63) is 35.9 Å². The van der Waals surface area contributed by atoms with Crippen molar-refractivity contribution in [2.24, 2.45) is 0 Å². The Balaban J connectivity index is 2.29. The van der Waals surface area contributed by atoms with Gasteiger partial charge in [-0.3, -0.25) is 4.79 Å². The van der Waals surface area contributed by atoms with Crippen LogP contribution in [0.5, 0.6) is 0 Å². The molecule has 106 valence electrons. The molecule has 5 heteroatoms. The summed E-state index contributed by atoms with van der Waals surface area (Å²) in [4.78, 5) is 11.7. The van der Waals surface area contributed by atoms with Crippen molar-refractivity contribution in [2.75, 3.05) is 31.8 Å². The molecule has 0 saturated carbocycles. The Hall–Kier alpha value is -1.04. The van der Waals surface area contributed by atoms with Crippen LogP contribution in [0.15, 0.2) is 30.3 Å². The number of carbonyl (C=O) groups excluding carboxylic acids is 1. The topological polar surface area (TPSA) is 58.6 Å². The van der Waals surface area contributed by atoms with Crippen LogP contribution in [0.4, 0.5) is 0 Å². The fourth-order valence-electron chi connectivity index (χ4n) is 1.64. The van der Waals surface area contributed by atoms with E-state index in [2.05, 4.69) is 5.32 Å². The Bertz CT molecular complexity index is 359. The maximum absolute atomic E-state index is 11.7. The molecular formula is C14H21NO3S. The van der Waals surface area contributed by atoms with Gasteiger partial charge in [0.15, 0.2) is 0 Å². The van der Waals surface area contributed by atoms with E-state index in [1.165, 1.54) is 11.8 Å². The average Bonchev–Trinajstić information content (AvgIpc) is 2.44. The lowest BCUT2D eigenvalue weighted by atomic mass is 10.1. The van der Waals surface area contributed by atoms with Crippen LogP contribution in [0.25, 0.3) is 0 Å². The Morgan fingerprint density at radius 2 is 2.16 bits per heavy atom. The van der Waals surface area contributed by atoms with Gasteiger partial charge in [0.25, 0.3) is 0 Å². The van der Waals surface area contributed by atoms with Crippen LogP contribution >= 0.6 is 11.8 Å². The highest BCUT2D eigenvalue weighted by Gasteiger charge is 2.11. The van der Waals surface area contributed by atoms with Crippen molar-refractivity contribution in [2.45, 2.75) is 12.5 Å². The molecule has 1 rings (SSSR count). The maximum atomic E-state index is 11.7. The SMILES string of the molecule is COCCSCC(=O)N[C@@H](CO)Cc1ccccc1. The predicted octanol–water partition coefficient (Wildman–Crippen LogP) is 1.09. The summed E-state index contributed by atoms with van der Waals surface area (Å²) in [6.07, 6.45) is 0.645. The first-order valence-electron chi connectivity index (χ1n) is 6.27. The molecule has 0 aromatic heterocycles. The summed E-state index contributed by atoms with van der Waals surface area (Å²) in [6, 6.07) is 9.60. The Labute approximate surface area is 118 Å². The van der Waals surface area contributed by atoms with Crippen molar-refractivity contribution >= 4 is 17.7 Å². The van der Waals surface area contributed by atoms with Crippen LogP contribution in [0.2, 0.25) is 0 Å². The zero-order valence-electron chi connectivity index (χ0n) is 11.2. The van der Waals surface area contributed by atoms with Crippen molar-refractivity contribution in [1.29, 1.82) is 0 Å². The van der Waals surface area contributed by atoms with E-state index in [9.17, 15) is 9.90 Å². The lowest BCUT2D eigenvalue weighted by Gasteiger charge is -2.16. The molecule has 2 N–H and O–H groups in total. The molecule has 0 aliphatic heterocycles. The fraction of sp³-hybridized carbons (Fsp3) is 0.500. The highest BCUT2D eigenvalue weighted by atomic mass is 32.2. The average molecular weight is 283 g/mol. The first kappa shape index (κ1) is 16.0. The first-order valence-corrected chi connectivity index (χ1v) is 7.42. The van der Waals surface area contributed by atoms with Gasteiger partial charge in [-0.1, -0.05) is 30.3 Å². The molecule has 1 aromatic rings. The number of hydrogen-bond donors (Lipinski definition) is 2. The zero-order chi connectivity index (χ0) is 13.9. The van der Waals surface area contributed by atoms with Crippen LogP contribution in [-0.2, 0) is 16.0 Å². The highest BCUT2D eigenvalue weighted by molar-refractivity contribution is 7.99. The smallest absolute Gasteiger partial charge is 0.230 e. The Kier molecular flexibility index (Phi) is 8.29. The normalized spacial score (nSPS) is 12.1. The van der Waals surface area contributed by atoms with Gasteiger partial charge in [-0.05, 0) is 12.0 Å². The predicted molar refractivity (Wildman–Crippen MR) is 78.4 cm³/mol. The molecule has 1 amide bonds. The van der Waals surface area contributed by atoms with E-state index >= 15 is 0 Å². The van der Waals surface area contributed by atoms with Gasteiger partial charge in [-0.25, -0.2) is 0 Å². The quantitative estimate of drug-likeness (QED) is 0.666. The zero-order valence-corrected chi connectivity index (χ0v) is 12.0. The van der Waals surface area contributed by atoms with E-state index in [1.54, 1.807) is 7.11 Å². The third-order valence-corrected chi connectivity index (χ3v) is 3.50. The van der Waals surface area contributed by atoms with Crippen LogP contribution in [0.1, 0.15) is 5.56 Å². The molecule has 0 heterocycles. The van der Waals surface area contributed by atoms with Crippen LogP contribution < -0.4 is 5.32 Å². The number of amides is 1. The maximum Gasteiger partial charge on any atom is 0.230 e. The van der Waals surface area contributed by atoms with Gasteiger partial charge >= 0.3 is 0 Å². The summed E-state index contributed by atoms with van der Waals surface area (Å²) < 4.78 is 4.91. The summed E-state index contributed by atoms with van der Waals surface area (Å²) in [6.45, 7) is 0.592. The lowest BCUT2D eigenvalue weighted by Crippen LogP contribution is -2.40. The number of aliphatic hydroxyl groups is 1. The van der Waals surface area contributed by atoms with Gasteiger partial charge in [0.05, 0.1) is 25.0 Å². The van der Waals surface area contributed by atoms with Crippen molar-refractivity contribution in [3.63, 3.8) is 0 Å². The van der Waals surface area contributed by atoms with Gasteiger partial charge in [0.1, 0.15) is 0 Å². The molecule has 1 aromatic carbocycles. The second-order valence-electron chi connectivity index (χ2n) is 4.18. The molecular weight excluding hydrogens is 262 g/mol. The molecule has 0 spiro atoms. The molecule has 0 aliphatic carbocycles. The number of thioether (sulfide) groups is 1. The van der Waals surface area contributed by atoms with Crippen molar-refractivity contribution in [3.8, 4) is 0 Å². The van der Waals surface area contributed by atoms with E-state index in [0.717, 1.165) is 11.3 Å². The minimum atomic E-state index is -0.224. The minimum Gasteiger partial charge on any atom is -0.394 e. The summed E-state index contributed by atoms with van der Waals surface area (Å²) in [5.41, 5.74) is 1.11. The largest absolute Gasteiger partial charge is 0.394 e. The third kappa shape index (κ3) is 7.20.